The van der Waals surface area contributed by atoms with E-state index in [1.54, 1.807) is 0 Å². The van der Waals surface area contributed by atoms with E-state index in [1.165, 1.54) is 0 Å². The molecule has 0 saturated carbocycles. The molecule has 0 fully saturated rings. The lowest BCUT2D eigenvalue weighted by atomic mass is 9.92. The first-order valence-corrected chi connectivity index (χ1v) is 6.56. The molecule has 0 amide bonds. The standard InChI is InChI=1S/C17H18O2/c1-2-19-17(18)16(15-11-7-4-8-12-15)13-14-9-5-3-6-10-14/h3-12,16H,2,13H2,1H3/t16-/m0/s1. The summed E-state index contributed by atoms with van der Waals surface area (Å²) >= 11 is 0. The molecule has 0 unspecified atom stereocenters. The predicted molar refractivity (Wildman–Crippen MR) is 76.0 cm³/mol. The average Bonchev–Trinajstić information content (AvgIpc) is 2.47. The van der Waals surface area contributed by atoms with E-state index in [9.17, 15) is 4.79 Å². The largest absolute Gasteiger partial charge is 0.466 e. The number of hydrogen-bond donors (Lipinski definition) is 0. The first-order valence-electron chi connectivity index (χ1n) is 6.56. The Morgan fingerprint density at radius 1 is 1.00 bits per heavy atom. The Balaban J connectivity index is 2.22. The minimum absolute atomic E-state index is 0.155. The molecule has 0 spiro atoms. The van der Waals surface area contributed by atoms with E-state index in [0.29, 0.717) is 13.0 Å². The van der Waals surface area contributed by atoms with Crippen LogP contribution in [-0.2, 0) is 16.0 Å². The molecule has 0 aliphatic heterocycles. The third kappa shape index (κ3) is 3.68. The fraction of sp³-hybridized carbons (Fsp3) is 0.235. The van der Waals surface area contributed by atoms with Gasteiger partial charge in [-0.25, -0.2) is 0 Å². The molecular weight excluding hydrogens is 236 g/mol. The van der Waals surface area contributed by atoms with Crippen molar-refractivity contribution in [2.24, 2.45) is 0 Å². The second-order valence-corrected chi connectivity index (χ2v) is 4.41. The van der Waals surface area contributed by atoms with Crippen LogP contribution < -0.4 is 0 Å². The van der Waals surface area contributed by atoms with Crippen LogP contribution in [0, 0.1) is 0 Å². The van der Waals surface area contributed by atoms with Crippen molar-refractivity contribution in [3.8, 4) is 0 Å². The SMILES string of the molecule is CCOC(=O)[C@@H](Cc1ccccc1)c1ccccc1. The Labute approximate surface area is 114 Å². The smallest absolute Gasteiger partial charge is 0.313 e. The van der Waals surface area contributed by atoms with Gasteiger partial charge in [-0.15, -0.1) is 0 Å². The molecule has 0 heterocycles. The van der Waals surface area contributed by atoms with Gasteiger partial charge in [0, 0.05) is 0 Å². The number of carbonyl (C=O) groups excluding carboxylic acids is 1. The maximum atomic E-state index is 12.1. The van der Waals surface area contributed by atoms with Crippen LogP contribution in [0.1, 0.15) is 24.0 Å². The van der Waals surface area contributed by atoms with Gasteiger partial charge in [-0.3, -0.25) is 4.79 Å². The molecule has 0 saturated heterocycles. The summed E-state index contributed by atoms with van der Waals surface area (Å²) in [7, 11) is 0. The molecule has 2 aromatic rings. The van der Waals surface area contributed by atoms with Gasteiger partial charge in [0.2, 0.25) is 0 Å². The normalized spacial score (nSPS) is 11.8. The number of esters is 1. The first-order chi connectivity index (χ1) is 9.31. The van der Waals surface area contributed by atoms with Crippen molar-refractivity contribution in [3.05, 3.63) is 71.8 Å². The highest BCUT2D eigenvalue weighted by Gasteiger charge is 2.21. The summed E-state index contributed by atoms with van der Waals surface area (Å²) in [6.07, 6.45) is 0.670. The Bertz CT molecular complexity index is 505. The van der Waals surface area contributed by atoms with Gasteiger partial charge >= 0.3 is 5.97 Å². The molecule has 2 aromatic carbocycles. The molecule has 0 aliphatic carbocycles. The van der Waals surface area contributed by atoms with E-state index >= 15 is 0 Å². The van der Waals surface area contributed by atoms with Crippen molar-refractivity contribution >= 4 is 5.97 Å². The van der Waals surface area contributed by atoms with Crippen LogP contribution in [0.4, 0.5) is 0 Å². The zero-order valence-corrected chi connectivity index (χ0v) is 11.1. The fourth-order valence-electron chi connectivity index (χ4n) is 2.12. The summed E-state index contributed by atoms with van der Waals surface area (Å²) in [6.45, 7) is 2.25. The van der Waals surface area contributed by atoms with E-state index in [4.69, 9.17) is 4.74 Å². The van der Waals surface area contributed by atoms with E-state index in [-0.39, 0.29) is 11.9 Å². The van der Waals surface area contributed by atoms with Gasteiger partial charge in [0.1, 0.15) is 0 Å². The van der Waals surface area contributed by atoms with Gasteiger partial charge in [0.25, 0.3) is 0 Å². The lowest BCUT2D eigenvalue weighted by molar-refractivity contribution is -0.144. The highest BCUT2D eigenvalue weighted by Crippen LogP contribution is 2.22. The highest BCUT2D eigenvalue weighted by atomic mass is 16.5. The van der Waals surface area contributed by atoms with Gasteiger partial charge in [-0.2, -0.15) is 0 Å². The fourth-order valence-corrected chi connectivity index (χ4v) is 2.12. The molecule has 0 aromatic heterocycles. The van der Waals surface area contributed by atoms with Crippen LogP contribution in [0.5, 0.6) is 0 Å². The molecule has 0 radical (unpaired) electrons. The van der Waals surface area contributed by atoms with Gasteiger partial charge in [0.15, 0.2) is 0 Å². The van der Waals surface area contributed by atoms with Crippen LogP contribution in [0.25, 0.3) is 0 Å². The first kappa shape index (κ1) is 13.3. The van der Waals surface area contributed by atoms with Gasteiger partial charge in [-0.05, 0) is 24.5 Å². The Morgan fingerprint density at radius 2 is 1.58 bits per heavy atom. The second-order valence-electron chi connectivity index (χ2n) is 4.41. The monoisotopic (exact) mass is 254 g/mol. The number of hydrogen-bond acceptors (Lipinski definition) is 2. The van der Waals surface area contributed by atoms with Crippen LogP contribution in [-0.4, -0.2) is 12.6 Å². The van der Waals surface area contributed by atoms with Gasteiger partial charge in [0.05, 0.1) is 12.5 Å². The quantitative estimate of drug-likeness (QED) is 0.762. The molecule has 0 aliphatic rings. The van der Waals surface area contributed by atoms with Crippen molar-refractivity contribution in [1.29, 1.82) is 0 Å². The second kappa shape index (κ2) is 6.74. The molecule has 2 nitrogen and oxygen atoms in total. The molecule has 0 N–H and O–H groups in total. The third-order valence-corrected chi connectivity index (χ3v) is 3.06. The summed E-state index contributed by atoms with van der Waals surface area (Å²) in [5, 5.41) is 0. The van der Waals surface area contributed by atoms with Crippen molar-refractivity contribution in [3.63, 3.8) is 0 Å². The average molecular weight is 254 g/mol. The lowest BCUT2D eigenvalue weighted by Gasteiger charge is -2.16. The van der Waals surface area contributed by atoms with E-state index in [1.807, 2.05) is 67.6 Å². The molecule has 2 rings (SSSR count). The number of ether oxygens (including phenoxy) is 1. The summed E-state index contributed by atoms with van der Waals surface area (Å²) in [5.74, 6) is -0.388. The highest BCUT2D eigenvalue weighted by molar-refractivity contribution is 5.78. The van der Waals surface area contributed by atoms with Crippen LogP contribution in [0.3, 0.4) is 0 Å². The minimum Gasteiger partial charge on any atom is -0.466 e. The summed E-state index contributed by atoms with van der Waals surface area (Å²) in [5.41, 5.74) is 2.15. The van der Waals surface area contributed by atoms with Crippen molar-refractivity contribution in [1.82, 2.24) is 0 Å². The van der Waals surface area contributed by atoms with Gasteiger partial charge < -0.3 is 4.74 Å². The van der Waals surface area contributed by atoms with E-state index < -0.39 is 0 Å². The lowest BCUT2D eigenvalue weighted by Crippen LogP contribution is -2.18. The summed E-state index contributed by atoms with van der Waals surface area (Å²) < 4.78 is 5.19. The maximum absolute atomic E-state index is 12.1. The summed E-state index contributed by atoms with van der Waals surface area (Å²) in [6, 6.07) is 19.8. The Morgan fingerprint density at radius 3 is 2.16 bits per heavy atom. The summed E-state index contributed by atoms with van der Waals surface area (Å²) in [4.78, 5) is 12.1. The predicted octanol–water partition coefficient (Wildman–Crippen LogP) is 3.58. The van der Waals surface area contributed by atoms with E-state index in [0.717, 1.165) is 11.1 Å². The zero-order valence-electron chi connectivity index (χ0n) is 11.1. The maximum Gasteiger partial charge on any atom is 0.313 e. The molecule has 19 heavy (non-hydrogen) atoms. The minimum atomic E-state index is -0.233. The number of carbonyl (C=O) groups is 1. The Hall–Kier alpha value is -2.09. The van der Waals surface area contributed by atoms with Gasteiger partial charge in [-0.1, -0.05) is 60.7 Å². The third-order valence-electron chi connectivity index (χ3n) is 3.06. The van der Waals surface area contributed by atoms with Crippen molar-refractivity contribution in [2.45, 2.75) is 19.3 Å². The number of benzene rings is 2. The molecular formula is C17H18O2. The topological polar surface area (TPSA) is 26.3 Å². The van der Waals surface area contributed by atoms with Crippen molar-refractivity contribution < 1.29 is 9.53 Å². The van der Waals surface area contributed by atoms with Crippen LogP contribution >= 0.6 is 0 Å². The van der Waals surface area contributed by atoms with Crippen LogP contribution in [0.15, 0.2) is 60.7 Å². The molecule has 98 valence electrons. The molecule has 0 bridgehead atoms. The van der Waals surface area contributed by atoms with E-state index in [2.05, 4.69) is 0 Å². The number of rotatable bonds is 5. The molecule has 2 heteroatoms. The molecule has 1 atom stereocenters. The zero-order chi connectivity index (χ0) is 13.5. The van der Waals surface area contributed by atoms with Crippen LogP contribution in [0.2, 0.25) is 0 Å². The Kier molecular flexibility index (Phi) is 4.73. The van der Waals surface area contributed by atoms with Crippen molar-refractivity contribution in [2.75, 3.05) is 6.61 Å².